The molecule has 1 heterocycles. The van der Waals surface area contributed by atoms with Gasteiger partial charge in [0.25, 0.3) is 5.91 Å². The van der Waals surface area contributed by atoms with E-state index in [-0.39, 0.29) is 11.0 Å². The van der Waals surface area contributed by atoms with Gasteiger partial charge < -0.3 is 19.2 Å². The van der Waals surface area contributed by atoms with Gasteiger partial charge in [0.1, 0.15) is 30.5 Å². The molecule has 28 heavy (non-hydrogen) atoms. The molecule has 0 atom stereocenters. The fourth-order valence-electron chi connectivity index (χ4n) is 2.34. The van der Waals surface area contributed by atoms with E-state index < -0.39 is 0 Å². The monoisotopic (exact) mass is 396 g/mol. The van der Waals surface area contributed by atoms with Gasteiger partial charge in [-0.2, -0.15) is 0 Å². The van der Waals surface area contributed by atoms with Crippen LogP contribution in [0.15, 0.2) is 77.4 Å². The first-order chi connectivity index (χ1) is 13.7. The van der Waals surface area contributed by atoms with Crippen molar-refractivity contribution in [3.63, 3.8) is 0 Å². The Bertz CT molecular complexity index is 881. The molecule has 0 bridgehead atoms. The normalized spacial score (nSPS) is 10.1. The van der Waals surface area contributed by atoms with Crippen LogP contribution in [0.5, 0.6) is 11.5 Å². The van der Waals surface area contributed by atoms with E-state index in [1.807, 2.05) is 36.4 Å². The molecule has 7 heteroatoms. The van der Waals surface area contributed by atoms with Gasteiger partial charge in [-0.3, -0.25) is 10.1 Å². The average Bonchev–Trinajstić information content (AvgIpc) is 3.25. The van der Waals surface area contributed by atoms with Crippen LogP contribution in [0.2, 0.25) is 0 Å². The van der Waals surface area contributed by atoms with E-state index in [1.165, 1.54) is 0 Å². The number of ether oxygens (including phenoxy) is 2. The van der Waals surface area contributed by atoms with Gasteiger partial charge in [-0.15, -0.1) is 0 Å². The van der Waals surface area contributed by atoms with Crippen LogP contribution < -0.4 is 20.1 Å². The van der Waals surface area contributed by atoms with Crippen molar-refractivity contribution in [2.24, 2.45) is 0 Å². The van der Waals surface area contributed by atoms with Gasteiger partial charge in [0, 0.05) is 5.56 Å². The molecule has 0 unspecified atom stereocenters. The summed E-state index contributed by atoms with van der Waals surface area (Å²) in [4.78, 5) is 12.2. The molecule has 0 aliphatic rings. The summed E-state index contributed by atoms with van der Waals surface area (Å²) in [7, 11) is 0. The van der Waals surface area contributed by atoms with Gasteiger partial charge in [0.15, 0.2) is 5.11 Å². The van der Waals surface area contributed by atoms with Crippen molar-refractivity contribution in [3.05, 3.63) is 84.3 Å². The summed E-state index contributed by atoms with van der Waals surface area (Å²) in [6.07, 6.45) is 1.58. The van der Waals surface area contributed by atoms with Crippen molar-refractivity contribution < 1.29 is 18.7 Å². The van der Waals surface area contributed by atoms with Crippen LogP contribution >= 0.6 is 12.2 Å². The van der Waals surface area contributed by atoms with Crippen LogP contribution in [0.3, 0.4) is 0 Å². The molecule has 2 N–H and O–H groups in total. The minimum Gasteiger partial charge on any atom is -0.490 e. The zero-order valence-corrected chi connectivity index (χ0v) is 15.9. The van der Waals surface area contributed by atoms with E-state index in [9.17, 15) is 4.79 Å². The summed E-state index contributed by atoms with van der Waals surface area (Å²) in [6, 6.07) is 20.0. The molecule has 0 aliphatic carbocycles. The Morgan fingerprint density at radius 3 is 2.21 bits per heavy atom. The van der Waals surface area contributed by atoms with E-state index >= 15 is 0 Å². The fourth-order valence-corrected chi connectivity index (χ4v) is 2.50. The van der Waals surface area contributed by atoms with E-state index in [1.54, 1.807) is 36.6 Å². The molecule has 144 valence electrons. The minimum atomic E-state index is -0.295. The Morgan fingerprint density at radius 2 is 1.57 bits per heavy atom. The SMILES string of the molecule is O=C(NC(=S)NCc1ccco1)c1ccc(OCCOc2ccccc2)cc1. The number of nitrogens with one attached hydrogen (secondary N) is 2. The molecule has 1 amide bonds. The van der Waals surface area contributed by atoms with Crippen LogP contribution in [0.25, 0.3) is 0 Å². The lowest BCUT2D eigenvalue weighted by Gasteiger charge is -2.10. The molecule has 0 spiro atoms. The van der Waals surface area contributed by atoms with Gasteiger partial charge in [-0.1, -0.05) is 18.2 Å². The molecule has 2 aromatic carbocycles. The Balaban J connectivity index is 1.39. The summed E-state index contributed by atoms with van der Waals surface area (Å²) in [5.41, 5.74) is 0.482. The number of benzene rings is 2. The van der Waals surface area contributed by atoms with E-state index in [4.69, 9.17) is 26.1 Å². The summed E-state index contributed by atoms with van der Waals surface area (Å²) >= 11 is 5.12. The number of thiocarbonyl (C=S) groups is 1. The smallest absolute Gasteiger partial charge is 0.257 e. The molecule has 0 radical (unpaired) electrons. The largest absolute Gasteiger partial charge is 0.490 e. The maximum Gasteiger partial charge on any atom is 0.257 e. The summed E-state index contributed by atoms with van der Waals surface area (Å²) < 4.78 is 16.4. The molecule has 3 aromatic rings. The summed E-state index contributed by atoms with van der Waals surface area (Å²) in [5, 5.41) is 5.78. The van der Waals surface area contributed by atoms with Crippen LogP contribution in [0.1, 0.15) is 16.1 Å². The minimum absolute atomic E-state index is 0.236. The number of para-hydroxylation sites is 1. The van der Waals surface area contributed by atoms with Gasteiger partial charge in [0.2, 0.25) is 0 Å². The second-order valence-electron chi connectivity index (χ2n) is 5.75. The van der Waals surface area contributed by atoms with Crippen LogP contribution in [0, 0.1) is 0 Å². The highest BCUT2D eigenvalue weighted by molar-refractivity contribution is 7.80. The third-order valence-electron chi connectivity index (χ3n) is 3.71. The van der Waals surface area contributed by atoms with Crippen molar-refractivity contribution >= 4 is 23.2 Å². The average molecular weight is 396 g/mol. The van der Waals surface area contributed by atoms with E-state index in [0.717, 1.165) is 11.5 Å². The Hall–Kier alpha value is -3.32. The first-order valence-electron chi connectivity index (χ1n) is 8.73. The number of furan rings is 1. The van der Waals surface area contributed by atoms with Gasteiger partial charge in [-0.05, 0) is 60.7 Å². The van der Waals surface area contributed by atoms with Crippen molar-refractivity contribution in [1.82, 2.24) is 10.6 Å². The second-order valence-corrected chi connectivity index (χ2v) is 6.16. The molecule has 1 aromatic heterocycles. The van der Waals surface area contributed by atoms with Crippen LogP contribution in [0.4, 0.5) is 0 Å². The first kappa shape index (κ1) is 19.4. The molecular formula is C21H20N2O4S. The molecule has 0 saturated heterocycles. The summed E-state index contributed by atoms with van der Waals surface area (Å²) in [5.74, 6) is 1.90. The zero-order chi connectivity index (χ0) is 19.6. The number of amides is 1. The van der Waals surface area contributed by atoms with Crippen molar-refractivity contribution in [2.75, 3.05) is 13.2 Å². The van der Waals surface area contributed by atoms with Crippen molar-refractivity contribution in [2.45, 2.75) is 6.54 Å². The lowest BCUT2D eigenvalue weighted by molar-refractivity contribution is 0.0976. The second kappa shape index (κ2) is 10.1. The number of carbonyl (C=O) groups is 1. The highest BCUT2D eigenvalue weighted by Gasteiger charge is 2.08. The highest BCUT2D eigenvalue weighted by atomic mass is 32.1. The lowest BCUT2D eigenvalue weighted by Crippen LogP contribution is -2.38. The molecular weight excluding hydrogens is 376 g/mol. The first-order valence-corrected chi connectivity index (χ1v) is 9.14. The summed E-state index contributed by atoms with van der Waals surface area (Å²) in [6.45, 7) is 1.24. The van der Waals surface area contributed by atoms with Crippen LogP contribution in [-0.2, 0) is 6.54 Å². The topological polar surface area (TPSA) is 72.7 Å². The Labute approximate surface area is 168 Å². The number of hydrogen-bond acceptors (Lipinski definition) is 5. The predicted molar refractivity (Wildman–Crippen MR) is 109 cm³/mol. The number of rotatable bonds is 8. The molecule has 0 fully saturated rings. The third-order valence-corrected chi connectivity index (χ3v) is 3.96. The molecule has 0 saturated carbocycles. The van der Waals surface area contributed by atoms with E-state index in [0.29, 0.717) is 31.1 Å². The van der Waals surface area contributed by atoms with Gasteiger partial charge in [-0.25, -0.2) is 0 Å². The van der Waals surface area contributed by atoms with E-state index in [2.05, 4.69) is 10.6 Å². The molecule has 3 rings (SSSR count). The number of carbonyl (C=O) groups excluding carboxylic acids is 1. The van der Waals surface area contributed by atoms with Gasteiger partial charge >= 0.3 is 0 Å². The van der Waals surface area contributed by atoms with Crippen molar-refractivity contribution in [1.29, 1.82) is 0 Å². The zero-order valence-electron chi connectivity index (χ0n) is 15.1. The quantitative estimate of drug-likeness (QED) is 0.448. The lowest BCUT2D eigenvalue weighted by atomic mass is 10.2. The maximum absolute atomic E-state index is 12.2. The predicted octanol–water partition coefficient (Wildman–Crippen LogP) is 3.54. The van der Waals surface area contributed by atoms with Crippen LogP contribution in [-0.4, -0.2) is 24.2 Å². The van der Waals surface area contributed by atoms with Crippen molar-refractivity contribution in [3.8, 4) is 11.5 Å². The highest BCUT2D eigenvalue weighted by Crippen LogP contribution is 2.13. The fraction of sp³-hybridized carbons (Fsp3) is 0.143. The Morgan fingerprint density at radius 1 is 0.893 bits per heavy atom. The standard InChI is InChI=1S/C21H20N2O4S/c24-20(23-21(28)22-15-19-7-4-12-25-19)16-8-10-18(11-9-16)27-14-13-26-17-5-2-1-3-6-17/h1-12H,13-15H2,(H2,22,23,24,28). The third kappa shape index (κ3) is 6.14. The Kier molecular flexibility index (Phi) is 7.03. The molecule has 0 aliphatic heterocycles. The molecule has 6 nitrogen and oxygen atoms in total. The van der Waals surface area contributed by atoms with Gasteiger partial charge in [0.05, 0.1) is 12.8 Å². The maximum atomic E-state index is 12.2. The number of hydrogen-bond donors (Lipinski definition) is 2.